The molecule has 0 saturated heterocycles. The third-order valence-corrected chi connectivity index (χ3v) is 8.45. The molecule has 0 bridgehead atoms. The first-order valence-corrected chi connectivity index (χ1v) is 18.7. The summed E-state index contributed by atoms with van der Waals surface area (Å²) in [6.07, 6.45) is 41.8. The normalized spacial score (nSPS) is 13.2. The molecule has 1 atom stereocenters. The number of nitrogens with two attached hydrogens (primary N) is 1. The van der Waals surface area contributed by atoms with Gasteiger partial charge in [-0.25, -0.2) is 14.4 Å². The zero-order valence-corrected chi connectivity index (χ0v) is 29.1. The maximum Gasteiger partial charge on any atom is 0.374 e. The molecule has 5 heteroatoms. The predicted octanol–water partition coefficient (Wildman–Crippen LogP) is 11.8. The quantitative estimate of drug-likeness (QED) is 0.0213. The van der Waals surface area contributed by atoms with Gasteiger partial charge < -0.3 is 0 Å². The molecule has 0 aromatic rings. The van der Waals surface area contributed by atoms with E-state index in [1.807, 2.05) is 0 Å². The molecule has 0 heterocycles. The minimum Gasteiger partial charge on any atom is -0.248 e. The maximum absolute atomic E-state index is 12.7. The molecule has 1 unspecified atom stereocenters. The molecule has 5 nitrogen and oxygen atoms in total. The Morgan fingerprint density at radius 1 is 0.488 bits per heavy atom. The van der Waals surface area contributed by atoms with Gasteiger partial charge in [-0.1, -0.05) is 141 Å². The maximum atomic E-state index is 12.7. The standard InChI is InChI=1S/C38H73N2O3/c1-4-7-9-11-13-15-17-19-21-23-25-27-29-31-33-35-37(41)40(39,6-3)43-38(42)36-34-32-30-28-26-24-22-20-18-16-14-12-10-8-5-2/h19-22H,4-18,23-36,39H2,1-3H3/q+1/b21-19-,22-20-. The van der Waals surface area contributed by atoms with Crippen LogP contribution >= 0.6 is 0 Å². The summed E-state index contributed by atoms with van der Waals surface area (Å²) >= 11 is 0. The van der Waals surface area contributed by atoms with Gasteiger partial charge in [0.15, 0.2) is 0 Å². The molecule has 1 amide bonds. The summed E-state index contributed by atoms with van der Waals surface area (Å²) in [5.74, 6) is 5.63. The van der Waals surface area contributed by atoms with Crippen molar-refractivity contribution in [1.29, 1.82) is 0 Å². The van der Waals surface area contributed by atoms with Gasteiger partial charge >= 0.3 is 11.9 Å². The van der Waals surface area contributed by atoms with Gasteiger partial charge in [-0.3, -0.25) is 0 Å². The third kappa shape index (κ3) is 27.8. The number of carbonyl (C=O) groups is 2. The molecule has 0 rings (SSSR count). The number of hydrogen-bond acceptors (Lipinski definition) is 4. The molecule has 0 aliphatic heterocycles. The van der Waals surface area contributed by atoms with Crippen molar-refractivity contribution in [1.82, 2.24) is 0 Å². The highest BCUT2D eigenvalue weighted by molar-refractivity contribution is 5.72. The molecule has 0 fully saturated rings. The molecular weight excluding hydrogens is 532 g/mol. The summed E-state index contributed by atoms with van der Waals surface area (Å²) in [4.78, 5) is 30.6. The van der Waals surface area contributed by atoms with E-state index in [2.05, 4.69) is 38.2 Å². The van der Waals surface area contributed by atoms with Gasteiger partial charge in [0.1, 0.15) is 6.54 Å². The van der Waals surface area contributed by atoms with Gasteiger partial charge in [0.05, 0.1) is 12.8 Å². The second-order valence-corrected chi connectivity index (χ2v) is 12.6. The summed E-state index contributed by atoms with van der Waals surface area (Å²) in [5.41, 5.74) is 0. The van der Waals surface area contributed by atoms with Gasteiger partial charge in [0.2, 0.25) is 0 Å². The smallest absolute Gasteiger partial charge is 0.248 e. The van der Waals surface area contributed by atoms with Gasteiger partial charge in [-0.05, 0) is 75.9 Å². The monoisotopic (exact) mass is 606 g/mol. The number of hydroxylamine groups is 2. The zero-order valence-electron chi connectivity index (χ0n) is 29.1. The molecule has 2 N–H and O–H groups in total. The van der Waals surface area contributed by atoms with E-state index in [0.29, 0.717) is 12.8 Å². The molecule has 0 aromatic carbocycles. The van der Waals surface area contributed by atoms with Crippen LogP contribution in [0.3, 0.4) is 0 Å². The van der Waals surface area contributed by atoms with E-state index in [9.17, 15) is 9.59 Å². The fraction of sp³-hybridized carbons (Fsp3) is 0.842. The second-order valence-electron chi connectivity index (χ2n) is 12.6. The first-order valence-electron chi connectivity index (χ1n) is 18.7. The van der Waals surface area contributed by atoms with Crippen molar-refractivity contribution in [3.8, 4) is 0 Å². The molecule has 0 spiro atoms. The number of amides is 1. The lowest BCUT2D eigenvalue weighted by Gasteiger charge is -2.25. The molecular formula is C38H73N2O3+. The third-order valence-electron chi connectivity index (χ3n) is 8.45. The lowest BCUT2D eigenvalue weighted by molar-refractivity contribution is -1.04. The van der Waals surface area contributed by atoms with E-state index in [0.717, 1.165) is 51.4 Å². The van der Waals surface area contributed by atoms with Crippen LogP contribution < -0.4 is 5.84 Å². The van der Waals surface area contributed by atoms with Gasteiger partial charge in [0, 0.05) is 0 Å². The molecule has 252 valence electrons. The van der Waals surface area contributed by atoms with Gasteiger partial charge in [-0.2, -0.15) is 0 Å². The molecule has 43 heavy (non-hydrogen) atoms. The van der Waals surface area contributed by atoms with Crippen molar-refractivity contribution < 1.29 is 19.2 Å². The highest BCUT2D eigenvalue weighted by Crippen LogP contribution is 2.15. The van der Waals surface area contributed by atoms with E-state index in [4.69, 9.17) is 10.7 Å². The predicted molar refractivity (Wildman–Crippen MR) is 185 cm³/mol. The van der Waals surface area contributed by atoms with E-state index in [1.165, 1.54) is 116 Å². The van der Waals surface area contributed by atoms with E-state index in [1.54, 1.807) is 6.92 Å². The number of nitrogens with zero attached hydrogens (tertiary/aromatic N) is 1. The van der Waals surface area contributed by atoms with Crippen molar-refractivity contribution in [2.75, 3.05) is 6.54 Å². The average molecular weight is 606 g/mol. The Bertz CT molecular complexity index is 691. The molecule has 0 aromatic heterocycles. The van der Waals surface area contributed by atoms with Crippen LogP contribution in [-0.2, 0) is 14.4 Å². The van der Waals surface area contributed by atoms with Crippen LogP contribution in [0.4, 0.5) is 0 Å². The van der Waals surface area contributed by atoms with E-state index >= 15 is 0 Å². The summed E-state index contributed by atoms with van der Waals surface area (Å²) in [5, 5.41) is 0. The van der Waals surface area contributed by atoms with Gasteiger partial charge in [-0.15, -0.1) is 5.84 Å². The number of unbranched alkanes of at least 4 members (excludes halogenated alkanes) is 22. The minimum atomic E-state index is -0.715. The highest BCUT2D eigenvalue weighted by atomic mass is 16.8. The lowest BCUT2D eigenvalue weighted by atomic mass is 10.1. The first kappa shape index (κ1) is 41.5. The minimum absolute atomic E-state index is 0.196. The van der Waals surface area contributed by atoms with Crippen molar-refractivity contribution in [3.63, 3.8) is 0 Å². The Kier molecular flexibility index (Phi) is 30.9. The van der Waals surface area contributed by atoms with Crippen LogP contribution in [0.2, 0.25) is 0 Å². The average Bonchev–Trinajstić information content (AvgIpc) is 3.00. The van der Waals surface area contributed by atoms with Crippen LogP contribution in [0.5, 0.6) is 0 Å². The fourth-order valence-electron chi connectivity index (χ4n) is 5.40. The number of allylic oxidation sites excluding steroid dienone is 4. The van der Waals surface area contributed by atoms with E-state index < -0.39 is 4.76 Å². The van der Waals surface area contributed by atoms with Crippen molar-refractivity contribution in [3.05, 3.63) is 24.3 Å². The Morgan fingerprint density at radius 2 is 0.814 bits per heavy atom. The number of quaternary nitrogens is 1. The van der Waals surface area contributed by atoms with Crippen molar-refractivity contribution in [2.24, 2.45) is 5.84 Å². The lowest BCUT2D eigenvalue weighted by Crippen LogP contribution is -2.59. The molecule has 0 aliphatic rings. The number of hydrogen-bond donors (Lipinski definition) is 1. The topological polar surface area (TPSA) is 69.4 Å². The van der Waals surface area contributed by atoms with Gasteiger partial charge in [0.25, 0.3) is 0 Å². The van der Waals surface area contributed by atoms with Crippen LogP contribution in [0.25, 0.3) is 0 Å². The molecule has 0 saturated carbocycles. The summed E-state index contributed by atoms with van der Waals surface area (Å²) in [6.45, 7) is 6.59. The van der Waals surface area contributed by atoms with Crippen LogP contribution in [0.15, 0.2) is 24.3 Å². The zero-order chi connectivity index (χ0) is 31.7. The van der Waals surface area contributed by atoms with E-state index in [-0.39, 0.29) is 18.4 Å². The Morgan fingerprint density at radius 3 is 1.19 bits per heavy atom. The summed E-state index contributed by atoms with van der Waals surface area (Å²) in [6, 6.07) is 0. The Labute approximate surface area is 268 Å². The van der Waals surface area contributed by atoms with Crippen molar-refractivity contribution >= 4 is 11.9 Å². The first-order chi connectivity index (χ1) is 21.0. The number of carbonyl (C=O) groups excluding carboxylic acids is 2. The molecule has 0 radical (unpaired) electrons. The summed E-state index contributed by atoms with van der Waals surface area (Å²) in [7, 11) is 0. The number of rotatable bonds is 31. The fourth-order valence-corrected chi connectivity index (χ4v) is 5.40. The molecule has 0 aliphatic carbocycles. The van der Waals surface area contributed by atoms with Crippen LogP contribution in [-0.4, -0.2) is 23.2 Å². The Hall–Kier alpha value is -1.46. The van der Waals surface area contributed by atoms with Crippen LogP contribution in [0.1, 0.15) is 201 Å². The largest absolute Gasteiger partial charge is 0.374 e. The Balaban J connectivity index is 3.75. The van der Waals surface area contributed by atoms with Crippen molar-refractivity contribution in [2.45, 2.75) is 201 Å². The SMILES string of the molecule is CCCCCCCC/C=C\CCCCCCCC(=O)O[N+](N)(CC)C(=O)CCCCCCC/C=C\CCCCCCCC. The highest BCUT2D eigenvalue weighted by Gasteiger charge is 2.36. The second kappa shape index (κ2) is 31.9. The van der Waals surface area contributed by atoms with Crippen LogP contribution in [0, 0.1) is 0 Å². The summed E-state index contributed by atoms with van der Waals surface area (Å²) < 4.78 is -0.715.